The molecule has 0 fully saturated rings. The van der Waals surface area contributed by atoms with E-state index in [1.54, 1.807) is 7.11 Å². The van der Waals surface area contributed by atoms with Crippen LogP contribution in [0.25, 0.3) is 22.6 Å². The first-order valence-electron chi connectivity index (χ1n) is 9.57. The van der Waals surface area contributed by atoms with Gasteiger partial charge in [0.05, 0.1) is 7.11 Å². The fraction of sp³-hybridized carbons (Fsp3) is 0.167. The van der Waals surface area contributed by atoms with Crippen LogP contribution in [-0.2, 0) is 4.79 Å². The smallest absolute Gasteiger partial charge is 0.262 e. The molecule has 4 rings (SSSR count). The van der Waals surface area contributed by atoms with E-state index in [9.17, 15) is 4.79 Å². The van der Waals surface area contributed by atoms with E-state index in [1.165, 1.54) is 0 Å². The van der Waals surface area contributed by atoms with Gasteiger partial charge in [-0.2, -0.15) is 0 Å². The molecule has 0 radical (unpaired) electrons. The molecule has 1 amide bonds. The van der Waals surface area contributed by atoms with E-state index in [4.69, 9.17) is 13.9 Å². The Hall–Kier alpha value is -3.80. The van der Waals surface area contributed by atoms with Gasteiger partial charge in [0.2, 0.25) is 5.89 Å². The Morgan fingerprint density at radius 2 is 1.93 bits per heavy atom. The first-order valence-corrected chi connectivity index (χ1v) is 9.57. The van der Waals surface area contributed by atoms with Gasteiger partial charge >= 0.3 is 0 Å². The second kappa shape index (κ2) is 8.29. The number of rotatable bonds is 6. The maximum Gasteiger partial charge on any atom is 0.262 e. The molecule has 0 aliphatic carbocycles. The van der Waals surface area contributed by atoms with Crippen LogP contribution in [0.15, 0.2) is 65.1 Å². The summed E-state index contributed by atoms with van der Waals surface area (Å²) in [5.74, 6) is 1.65. The summed E-state index contributed by atoms with van der Waals surface area (Å²) in [5.41, 5.74) is 4.93. The average molecular weight is 402 g/mol. The third kappa shape index (κ3) is 4.27. The van der Waals surface area contributed by atoms with Crippen molar-refractivity contribution in [1.29, 1.82) is 0 Å². The highest BCUT2D eigenvalue weighted by atomic mass is 16.5. The molecule has 3 aromatic carbocycles. The van der Waals surface area contributed by atoms with Crippen molar-refractivity contribution < 1.29 is 18.7 Å². The van der Waals surface area contributed by atoms with E-state index in [2.05, 4.69) is 10.3 Å². The largest absolute Gasteiger partial charge is 0.497 e. The zero-order chi connectivity index (χ0) is 21.1. The number of oxazole rings is 1. The van der Waals surface area contributed by atoms with Crippen LogP contribution >= 0.6 is 0 Å². The number of anilines is 1. The Bertz CT molecular complexity index is 1210. The fourth-order valence-corrected chi connectivity index (χ4v) is 3.19. The van der Waals surface area contributed by atoms with Crippen LogP contribution in [-0.4, -0.2) is 24.6 Å². The van der Waals surface area contributed by atoms with Crippen LogP contribution in [0.2, 0.25) is 0 Å². The van der Waals surface area contributed by atoms with Gasteiger partial charge in [0.15, 0.2) is 12.2 Å². The zero-order valence-electron chi connectivity index (χ0n) is 17.1. The van der Waals surface area contributed by atoms with Gasteiger partial charge in [0.25, 0.3) is 5.91 Å². The third-order valence-corrected chi connectivity index (χ3v) is 4.68. The van der Waals surface area contributed by atoms with E-state index in [0.29, 0.717) is 34.2 Å². The summed E-state index contributed by atoms with van der Waals surface area (Å²) in [6, 6.07) is 18.7. The minimum atomic E-state index is -0.241. The molecule has 0 spiro atoms. The molecule has 0 bridgehead atoms. The molecule has 152 valence electrons. The summed E-state index contributed by atoms with van der Waals surface area (Å²) in [4.78, 5) is 16.9. The number of hydrogen-bond acceptors (Lipinski definition) is 5. The quantitative estimate of drug-likeness (QED) is 0.483. The molecular weight excluding hydrogens is 380 g/mol. The predicted molar refractivity (Wildman–Crippen MR) is 116 cm³/mol. The second-order valence-corrected chi connectivity index (χ2v) is 7.04. The van der Waals surface area contributed by atoms with Crippen molar-refractivity contribution in [1.82, 2.24) is 4.98 Å². The number of carbonyl (C=O) groups is 1. The highest BCUT2D eigenvalue weighted by Crippen LogP contribution is 2.28. The molecule has 4 aromatic rings. The minimum absolute atomic E-state index is 0.0726. The first-order chi connectivity index (χ1) is 14.5. The Morgan fingerprint density at radius 1 is 1.07 bits per heavy atom. The van der Waals surface area contributed by atoms with Crippen molar-refractivity contribution in [3.63, 3.8) is 0 Å². The molecule has 30 heavy (non-hydrogen) atoms. The maximum atomic E-state index is 12.3. The first kappa shape index (κ1) is 19.5. The Morgan fingerprint density at radius 3 is 2.73 bits per heavy atom. The van der Waals surface area contributed by atoms with Gasteiger partial charge < -0.3 is 19.2 Å². The van der Waals surface area contributed by atoms with Crippen molar-refractivity contribution in [2.75, 3.05) is 19.0 Å². The van der Waals surface area contributed by atoms with Gasteiger partial charge in [-0.3, -0.25) is 4.79 Å². The Kier molecular flexibility index (Phi) is 5.39. The number of fused-ring (bicyclic) bond motifs is 1. The number of amides is 1. The van der Waals surface area contributed by atoms with E-state index in [-0.39, 0.29) is 12.5 Å². The summed E-state index contributed by atoms with van der Waals surface area (Å²) in [7, 11) is 1.61. The van der Waals surface area contributed by atoms with Crippen molar-refractivity contribution in [2.45, 2.75) is 13.8 Å². The van der Waals surface area contributed by atoms with Gasteiger partial charge in [-0.1, -0.05) is 23.8 Å². The van der Waals surface area contributed by atoms with Crippen LogP contribution in [0, 0.1) is 13.8 Å². The van der Waals surface area contributed by atoms with Gasteiger partial charge in [-0.15, -0.1) is 0 Å². The number of aryl methyl sites for hydroxylation is 2. The number of carbonyl (C=O) groups excluding carboxylic acids is 1. The summed E-state index contributed by atoms with van der Waals surface area (Å²) in [5, 5.41) is 2.85. The predicted octanol–water partition coefficient (Wildman–Crippen LogP) is 5.14. The van der Waals surface area contributed by atoms with Crippen molar-refractivity contribution in [3.05, 3.63) is 71.8 Å². The molecule has 6 nitrogen and oxygen atoms in total. The molecule has 6 heteroatoms. The van der Waals surface area contributed by atoms with Crippen LogP contribution in [0.1, 0.15) is 11.1 Å². The molecule has 0 atom stereocenters. The SMILES string of the molecule is COc1ccc2oc(-c3cccc(NC(=O)COc4ccc(C)cc4C)c3)nc2c1. The van der Waals surface area contributed by atoms with E-state index >= 15 is 0 Å². The number of hydrogen-bond donors (Lipinski definition) is 1. The molecule has 1 aromatic heterocycles. The fourth-order valence-electron chi connectivity index (χ4n) is 3.19. The second-order valence-electron chi connectivity index (χ2n) is 7.04. The van der Waals surface area contributed by atoms with Crippen LogP contribution < -0.4 is 14.8 Å². The molecule has 0 aliphatic rings. The molecular formula is C24H22N2O4. The Labute approximate surface area is 174 Å². The van der Waals surface area contributed by atoms with Crippen molar-refractivity contribution in [3.8, 4) is 23.0 Å². The molecule has 0 saturated carbocycles. The van der Waals surface area contributed by atoms with E-state index in [0.717, 1.165) is 16.7 Å². The Balaban J connectivity index is 1.46. The minimum Gasteiger partial charge on any atom is -0.497 e. The van der Waals surface area contributed by atoms with E-state index < -0.39 is 0 Å². The van der Waals surface area contributed by atoms with Gasteiger partial charge in [-0.25, -0.2) is 4.98 Å². The number of ether oxygens (including phenoxy) is 2. The lowest BCUT2D eigenvalue weighted by molar-refractivity contribution is -0.118. The number of methoxy groups -OCH3 is 1. The molecule has 1 N–H and O–H groups in total. The molecule has 0 unspecified atom stereocenters. The van der Waals surface area contributed by atoms with Gasteiger partial charge in [0, 0.05) is 17.3 Å². The lowest BCUT2D eigenvalue weighted by Crippen LogP contribution is -2.20. The van der Waals surface area contributed by atoms with Crippen LogP contribution in [0.4, 0.5) is 5.69 Å². The van der Waals surface area contributed by atoms with Crippen molar-refractivity contribution >= 4 is 22.7 Å². The number of aromatic nitrogens is 1. The lowest BCUT2D eigenvalue weighted by atomic mass is 10.1. The lowest BCUT2D eigenvalue weighted by Gasteiger charge is -2.10. The average Bonchev–Trinajstić information content (AvgIpc) is 3.16. The van der Waals surface area contributed by atoms with E-state index in [1.807, 2.05) is 74.5 Å². The summed E-state index contributed by atoms with van der Waals surface area (Å²) in [6.07, 6.45) is 0. The van der Waals surface area contributed by atoms with Crippen LogP contribution in [0.5, 0.6) is 11.5 Å². The number of nitrogens with zero attached hydrogens (tertiary/aromatic N) is 1. The highest BCUT2D eigenvalue weighted by Gasteiger charge is 2.11. The van der Waals surface area contributed by atoms with Crippen molar-refractivity contribution in [2.24, 2.45) is 0 Å². The summed E-state index contributed by atoms with van der Waals surface area (Å²) < 4.78 is 16.7. The monoisotopic (exact) mass is 402 g/mol. The molecule has 1 heterocycles. The molecule has 0 aliphatic heterocycles. The zero-order valence-corrected chi connectivity index (χ0v) is 17.1. The topological polar surface area (TPSA) is 73.6 Å². The van der Waals surface area contributed by atoms with Crippen LogP contribution in [0.3, 0.4) is 0 Å². The number of nitrogens with one attached hydrogen (secondary N) is 1. The normalized spacial score (nSPS) is 10.8. The maximum absolute atomic E-state index is 12.3. The van der Waals surface area contributed by atoms with Gasteiger partial charge in [0.1, 0.15) is 17.0 Å². The summed E-state index contributed by atoms with van der Waals surface area (Å²) in [6.45, 7) is 3.90. The van der Waals surface area contributed by atoms with Gasteiger partial charge in [-0.05, 0) is 55.8 Å². The summed E-state index contributed by atoms with van der Waals surface area (Å²) >= 11 is 0. The highest BCUT2D eigenvalue weighted by molar-refractivity contribution is 5.92. The molecule has 0 saturated heterocycles. The standard InChI is InChI=1S/C24H22N2O4/c1-15-7-9-21(16(2)11-15)29-14-23(27)25-18-6-4-5-17(12-18)24-26-20-13-19(28-3)8-10-22(20)30-24/h4-13H,14H2,1-3H3,(H,25,27). The number of benzene rings is 3. The third-order valence-electron chi connectivity index (χ3n) is 4.68.